The predicted molar refractivity (Wildman–Crippen MR) is 82.6 cm³/mol. The van der Waals surface area contributed by atoms with Crippen molar-refractivity contribution in [1.29, 1.82) is 0 Å². The summed E-state index contributed by atoms with van der Waals surface area (Å²) in [5, 5.41) is 3.24. The van der Waals surface area contributed by atoms with Gasteiger partial charge < -0.3 is 9.73 Å². The smallest absolute Gasteiger partial charge is 0.246 e. The molecule has 2 heterocycles. The van der Waals surface area contributed by atoms with Gasteiger partial charge in [-0.25, -0.2) is 8.42 Å². The lowest BCUT2D eigenvalue weighted by Gasteiger charge is -2.22. The monoisotopic (exact) mass is 314 g/mol. The molecule has 120 valence electrons. The number of aryl methyl sites for hydroxylation is 1. The molecule has 0 spiro atoms. The Morgan fingerprint density at radius 3 is 2.81 bits per heavy atom. The van der Waals surface area contributed by atoms with Crippen LogP contribution in [0, 0.1) is 6.92 Å². The maximum atomic E-state index is 12.8. The Morgan fingerprint density at radius 2 is 2.19 bits per heavy atom. The van der Waals surface area contributed by atoms with Crippen molar-refractivity contribution >= 4 is 10.0 Å². The van der Waals surface area contributed by atoms with Crippen molar-refractivity contribution in [2.75, 3.05) is 6.54 Å². The van der Waals surface area contributed by atoms with Crippen molar-refractivity contribution in [3.63, 3.8) is 0 Å². The third-order valence-electron chi connectivity index (χ3n) is 3.99. The van der Waals surface area contributed by atoms with Crippen molar-refractivity contribution in [2.24, 2.45) is 0 Å². The van der Waals surface area contributed by atoms with Crippen LogP contribution in [-0.4, -0.2) is 31.4 Å². The van der Waals surface area contributed by atoms with E-state index >= 15 is 0 Å². The number of hydrogen-bond acceptors (Lipinski definition) is 4. The van der Waals surface area contributed by atoms with Crippen LogP contribution in [0.1, 0.15) is 51.6 Å². The van der Waals surface area contributed by atoms with E-state index in [1.165, 1.54) is 0 Å². The van der Waals surface area contributed by atoms with Crippen LogP contribution in [0.15, 0.2) is 15.4 Å². The molecule has 1 unspecified atom stereocenters. The van der Waals surface area contributed by atoms with Crippen molar-refractivity contribution in [2.45, 2.75) is 70.5 Å². The average molecular weight is 314 g/mol. The molecule has 6 heteroatoms. The van der Waals surface area contributed by atoms with Gasteiger partial charge in [0, 0.05) is 24.7 Å². The number of hydrogen-bond donors (Lipinski definition) is 1. The van der Waals surface area contributed by atoms with Crippen LogP contribution in [0.3, 0.4) is 0 Å². The summed E-state index contributed by atoms with van der Waals surface area (Å²) in [6, 6.07) is 2.13. The highest BCUT2D eigenvalue weighted by atomic mass is 32.2. The van der Waals surface area contributed by atoms with Crippen LogP contribution in [0.2, 0.25) is 0 Å². The second kappa shape index (κ2) is 6.50. The second-order valence-electron chi connectivity index (χ2n) is 5.99. The van der Waals surface area contributed by atoms with Crippen molar-refractivity contribution in [3.8, 4) is 0 Å². The molecule has 1 aliphatic heterocycles. The fourth-order valence-corrected chi connectivity index (χ4v) is 4.79. The quantitative estimate of drug-likeness (QED) is 0.877. The lowest BCUT2D eigenvalue weighted by atomic mass is 10.2. The summed E-state index contributed by atoms with van der Waals surface area (Å²) in [7, 11) is -3.44. The minimum Gasteiger partial charge on any atom is -0.464 e. The summed E-state index contributed by atoms with van der Waals surface area (Å²) in [6.45, 7) is 9.02. The molecule has 1 aliphatic rings. The van der Waals surface area contributed by atoms with Crippen molar-refractivity contribution < 1.29 is 12.8 Å². The van der Waals surface area contributed by atoms with E-state index in [0.29, 0.717) is 35.5 Å². The molecule has 0 radical (unpaired) electrons. The largest absolute Gasteiger partial charge is 0.464 e. The molecule has 0 bridgehead atoms. The molecule has 1 saturated heterocycles. The zero-order chi connectivity index (χ0) is 15.6. The summed E-state index contributed by atoms with van der Waals surface area (Å²) in [5.41, 5.74) is 0. The average Bonchev–Trinajstić information content (AvgIpc) is 3.02. The fraction of sp³-hybridized carbons (Fsp3) is 0.733. The van der Waals surface area contributed by atoms with Gasteiger partial charge in [0.2, 0.25) is 10.0 Å². The first-order chi connectivity index (χ1) is 9.86. The van der Waals surface area contributed by atoms with Gasteiger partial charge in [0.05, 0.1) is 6.54 Å². The first-order valence-corrected chi connectivity index (χ1v) is 9.14. The highest BCUT2D eigenvalue weighted by Gasteiger charge is 2.36. The van der Waals surface area contributed by atoms with E-state index in [1.807, 2.05) is 20.8 Å². The van der Waals surface area contributed by atoms with Crippen LogP contribution in [0.4, 0.5) is 0 Å². The number of rotatable bonds is 6. The molecule has 5 nitrogen and oxygen atoms in total. The van der Waals surface area contributed by atoms with Gasteiger partial charge in [0.25, 0.3) is 0 Å². The molecule has 0 saturated carbocycles. The molecular formula is C15H26N2O3S. The fourth-order valence-electron chi connectivity index (χ4n) is 2.83. The van der Waals surface area contributed by atoms with E-state index in [0.717, 1.165) is 19.3 Å². The number of sulfonamides is 1. The van der Waals surface area contributed by atoms with Crippen molar-refractivity contribution in [3.05, 3.63) is 17.6 Å². The number of nitrogens with one attached hydrogen (secondary N) is 1. The molecule has 0 amide bonds. The van der Waals surface area contributed by atoms with E-state index in [1.54, 1.807) is 17.3 Å². The van der Waals surface area contributed by atoms with E-state index in [2.05, 4.69) is 5.32 Å². The van der Waals surface area contributed by atoms with Crippen LogP contribution < -0.4 is 5.32 Å². The molecular weight excluding hydrogens is 288 g/mol. The minimum absolute atomic E-state index is 0.126. The Balaban J connectivity index is 2.24. The van der Waals surface area contributed by atoms with Crippen LogP contribution in [0.25, 0.3) is 0 Å². The normalized spacial score (nSPS) is 20.5. The Morgan fingerprint density at radius 1 is 1.48 bits per heavy atom. The molecule has 1 atom stereocenters. The molecule has 2 rings (SSSR count). The summed E-state index contributed by atoms with van der Waals surface area (Å²) >= 11 is 0. The Hall–Kier alpha value is -0.850. The highest BCUT2D eigenvalue weighted by Crippen LogP contribution is 2.30. The van der Waals surface area contributed by atoms with Gasteiger partial charge >= 0.3 is 0 Å². The van der Waals surface area contributed by atoms with Gasteiger partial charge in [-0.3, -0.25) is 0 Å². The van der Waals surface area contributed by atoms with Crippen molar-refractivity contribution in [1.82, 2.24) is 9.62 Å². The molecule has 0 aromatic carbocycles. The van der Waals surface area contributed by atoms with Crippen LogP contribution >= 0.6 is 0 Å². The van der Waals surface area contributed by atoms with E-state index in [-0.39, 0.29) is 6.04 Å². The Kier molecular flexibility index (Phi) is 5.11. The third kappa shape index (κ3) is 3.49. The lowest BCUT2D eigenvalue weighted by molar-refractivity contribution is 0.378. The zero-order valence-corrected chi connectivity index (χ0v) is 14.2. The van der Waals surface area contributed by atoms with Gasteiger partial charge in [-0.2, -0.15) is 4.31 Å². The SMILES string of the molecule is CCC1CCCN1S(=O)(=O)c1cc(CNC(C)C)oc1C. The highest BCUT2D eigenvalue weighted by molar-refractivity contribution is 7.89. The summed E-state index contributed by atoms with van der Waals surface area (Å²) in [4.78, 5) is 0.323. The van der Waals surface area contributed by atoms with Gasteiger partial charge in [0.1, 0.15) is 16.4 Å². The lowest BCUT2D eigenvalue weighted by Crippen LogP contribution is -2.35. The summed E-state index contributed by atoms with van der Waals surface area (Å²) in [5.74, 6) is 1.16. The predicted octanol–water partition coefficient (Wildman–Crippen LogP) is 2.65. The minimum atomic E-state index is -3.44. The van der Waals surface area contributed by atoms with Crippen LogP contribution in [-0.2, 0) is 16.6 Å². The van der Waals surface area contributed by atoms with Gasteiger partial charge in [-0.05, 0) is 26.2 Å². The molecule has 1 N–H and O–H groups in total. The number of nitrogens with zero attached hydrogens (tertiary/aromatic N) is 1. The maximum Gasteiger partial charge on any atom is 0.246 e. The Bertz CT molecular complexity index is 578. The van der Waals surface area contributed by atoms with E-state index in [4.69, 9.17) is 4.42 Å². The van der Waals surface area contributed by atoms with E-state index < -0.39 is 10.0 Å². The first-order valence-electron chi connectivity index (χ1n) is 7.70. The number of furan rings is 1. The molecule has 1 fully saturated rings. The molecule has 1 aromatic rings. The second-order valence-corrected chi connectivity index (χ2v) is 7.85. The van der Waals surface area contributed by atoms with Gasteiger partial charge in [-0.1, -0.05) is 20.8 Å². The van der Waals surface area contributed by atoms with Crippen LogP contribution in [0.5, 0.6) is 0 Å². The Labute approximate surface area is 127 Å². The maximum absolute atomic E-state index is 12.8. The zero-order valence-electron chi connectivity index (χ0n) is 13.3. The molecule has 1 aromatic heterocycles. The molecule has 21 heavy (non-hydrogen) atoms. The van der Waals surface area contributed by atoms with Gasteiger partial charge in [0.15, 0.2) is 0 Å². The molecule has 0 aliphatic carbocycles. The summed E-state index contributed by atoms with van der Waals surface area (Å²) < 4.78 is 32.9. The first kappa shape index (κ1) is 16.5. The summed E-state index contributed by atoms with van der Waals surface area (Å²) in [6.07, 6.45) is 2.75. The van der Waals surface area contributed by atoms with E-state index in [9.17, 15) is 8.42 Å². The third-order valence-corrected chi connectivity index (χ3v) is 6.05. The standard InChI is InChI=1S/C15H26N2O3S/c1-5-13-7-6-8-17(13)21(18,19)15-9-14(20-12(15)4)10-16-11(2)3/h9,11,13,16H,5-8,10H2,1-4H3. The topological polar surface area (TPSA) is 62.6 Å². The van der Waals surface area contributed by atoms with Gasteiger partial charge in [-0.15, -0.1) is 0 Å².